The van der Waals surface area contributed by atoms with Crippen molar-refractivity contribution in [1.29, 1.82) is 0 Å². The fourth-order valence-corrected chi connectivity index (χ4v) is 5.57. The Labute approximate surface area is 229 Å². The topological polar surface area (TPSA) is 210 Å². The van der Waals surface area contributed by atoms with Gasteiger partial charge >= 0.3 is 0 Å². The smallest absolute Gasteiger partial charge is 0.287 e. The molecule has 3 rings (SSSR count). The molecule has 2 aliphatic heterocycles. The minimum absolute atomic E-state index is 0.0150. The van der Waals surface area contributed by atoms with E-state index in [-0.39, 0.29) is 31.5 Å². The number of rotatable bonds is 9. The summed E-state index contributed by atoms with van der Waals surface area (Å²) in [7, 11) is 0. The number of hydrogen-bond donors (Lipinski definition) is 5. The Morgan fingerprint density at radius 3 is 2.44 bits per heavy atom. The number of aliphatic hydroxyl groups is 1. The van der Waals surface area contributed by atoms with Crippen molar-refractivity contribution in [3.63, 3.8) is 0 Å². The predicted octanol–water partition coefficient (Wildman–Crippen LogP) is -1.14. The number of aromatic nitrogens is 1. The predicted molar refractivity (Wildman–Crippen MR) is 144 cm³/mol. The number of carbonyl (C=O) groups excluding carboxylic acids is 5. The second kappa shape index (κ2) is 12.4. The van der Waals surface area contributed by atoms with Crippen LogP contribution < -0.4 is 22.1 Å². The highest BCUT2D eigenvalue weighted by Crippen LogP contribution is 2.29. The molecule has 0 saturated carbocycles. The van der Waals surface area contributed by atoms with Crippen molar-refractivity contribution < 1.29 is 29.1 Å². The molecule has 0 aromatic carbocycles. The van der Waals surface area contributed by atoms with Gasteiger partial charge in [-0.25, -0.2) is 0 Å². The number of carbonyl (C=O) groups is 5. The number of likely N-dealkylation sites (tertiary alicyclic amines) is 1. The molecule has 1 atom stereocenters. The van der Waals surface area contributed by atoms with E-state index in [0.717, 1.165) is 6.20 Å². The minimum atomic E-state index is -1.46. The largest absolute Gasteiger partial charge is 0.403 e. The standard InChI is InChI=1S/C25H33N7O6S/c1-24(2,38)18(12-26)30-16-11-17(23(37)31-25(20(34)21(27)35)5-9-39-10-6-25)32(14-16)19(33)13-29-22(36)15-3-7-28-8-4-15/h3-4,7-8,12,17,38H,5-6,9-11,13-14,26H2,1-2H3,(H2,27,35)(H,29,36)(H,31,37)/b18-12-,30-16?/t17-/m0/s1. The number of thioether (sulfide) groups is 1. The number of nitrogens with two attached hydrogens (primary N) is 2. The van der Waals surface area contributed by atoms with Gasteiger partial charge in [-0.05, 0) is 50.3 Å². The van der Waals surface area contributed by atoms with Crippen LogP contribution in [0.25, 0.3) is 0 Å². The molecule has 2 fully saturated rings. The lowest BCUT2D eigenvalue weighted by molar-refractivity contribution is -0.144. The fourth-order valence-electron chi connectivity index (χ4n) is 4.38. The van der Waals surface area contributed by atoms with Crippen molar-refractivity contribution in [3.8, 4) is 0 Å². The third kappa shape index (κ3) is 7.20. The molecule has 13 nitrogen and oxygen atoms in total. The van der Waals surface area contributed by atoms with E-state index in [0.29, 0.717) is 22.8 Å². The number of primary amides is 1. The van der Waals surface area contributed by atoms with Crippen LogP contribution in [0.2, 0.25) is 0 Å². The Morgan fingerprint density at radius 1 is 1.23 bits per heavy atom. The summed E-state index contributed by atoms with van der Waals surface area (Å²) in [6, 6.07) is 1.89. The maximum absolute atomic E-state index is 13.6. The summed E-state index contributed by atoms with van der Waals surface area (Å²) in [5.41, 5.74) is 8.92. The average molecular weight is 560 g/mol. The summed E-state index contributed by atoms with van der Waals surface area (Å²) in [5.74, 6) is -2.68. The second-order valence-electron chi connectivity index (χ2n) is 9.83. The molecule has 1 aromatic heterocycles. The normalized spacial score (nSPS) is 20.4. The lowest BCUT2D eigenvalue weighted by Gasteiger charge is -2.37. The van der Waals surface area contributed by atoms with Crippen LogP contribution in [-0.4, -0.2) is 91.9 Å². The number of Topliss-reactive ketones (excluding diaryl/α,β-unsaturated/α-hetero) is 1. The molecule has 2 aliphatic rings. The summed E-state index contributed by atoms with van der Waals surface area (Å²) >= 11 is 1.59. The molecular weight excluding hydrogens is 526 g/mol. The first-order valence-electron chi connectivity index (χ1n) is 12.3. The van der Waals surface area contributed by atoms with Gasteiger partial charge in [0.2, 0.25) is 17.6 Å². The quantitative estimate of drug-likeness (QED) is 0.231. The first-order chi connectivity index (χ1) is 18.4. The van der Waals surface area contributed by atoms with Crippen LogP contribution in [-0.2, 0) is 19.2 Å². The van der Waals surface area contributed by atoms with Gasteiger partial charge in [-0.1, -0.05) is 0 Å². The van der Waals surface area contributed by atoms with Gasteiger partial charge in [-0.2, -0.15) is 11.8 Å². The van der Waals surface area contributed by atoms with Crippen LogP contribution in [0.15, 0.2) is 41.4 Å². The van der Waals surface area contributed by atoms with E-state index in [4.69, 9.17) is 11.5 Å². The van der Waals surface area contributed by atoms with Crippen LogP contribution in [0.1, 0.15) is 43.5 Å². The highest BCUT2D eigenvalue weighted by atomic mass is 32.2. The SMILES string of the molecule is CC(C)(O)/C(=C/N)N=C1C[C@@H](C(=O)NC2(C(=O)C(N)=O)CCSCC2)N(C(=O)CNC(=O)c2ccncc2)C1. The van der Waals surface area contributed by atoms with Crippen molar-refractivity contribution >= 4 is 46.9 Å². The molecular formula is C25H33N7O6S. The molecule has 3 heterocycles. The maximum atomic E-state index is 13.6. The van der Waals surface area contributed by atoms with Crippen LogP contribution in [0.4, 0.5) is 0 Å². The van der Waals surface area contributed by atoms with Gasteiger partial charge in [0.1, 0.15) is 17.2 Å². The van der Waals surface area contributed by atoms with Crippen LogP contribution in [0, 0.1) is 0 Å². The molecule has 0 radical (unpaired) electrons. The maximum Gasteiger partial charge on any atom is 0.287 e. The minimum Gasteiger partial charge on any atom is -0.403 e. The highest BCUT2D eigenvalue weighted by molar-refractivity contribution is 7.99. The van der Waals surface area contributed by atoms with E-state index in [1.165, 1.54) is 43.3 Å². The molecule has 7 N–H and O–H groups in total. The molecule has 0 aliphatic carbocycles. The van der Waals surface area contributed by atoms with Gasteiger partial charge in [0.25, 0.3) is 11.8 Å². The van der Waals surface area contributed by atoms with Crippen LogP contribution in [0.5, 0.6) is 0 Å². The average Bonchev–Trinajstić information content (AvgIpc) is 3.34. The van der Waals surface area contributed by atoms with Crippen molar-refractivity contribution in [1.82, 2.24) is 20.5 Å². The van der Waals surface area contributed by atoms with Gasteiger partial charge in [-0.3, -0.25) is 33.9 Å². The number of amides is 4. The zero-order chi connectivity index (χ0) is 28.8. The zero-order valence-corrected chi connectivity index (χ0v) is 22.6. The molecule has 2 saturated heterocycles. The molecule has 210 valence electrons. The Kier molecular flexibility index (Phi) is 9.45. The zero-order valence-electron chi connectivity index (χ0n) is 21.8. The van der Waals surface area contributed by atoms with Crippen molar-refractivity contribution in [2.75, 3.05) is 24.6 Å². The summed E-state index contributed by atoms with van der Waals surface area (Å²) in [6.07, 6.45) is 4.44. The van der Waals surface area contributed by atoms with E-state index < -0.39 is 53.1 Å². The van der Waals surface area contributed by atoms with Crippen molar-refractivity contribution in [2.24, 2.45) is 16.5 Å². The molecule has 4 amide bonds. The van der Waals surface area contributed by atoms with Gasteiger partial charge < -0.3 is 32.1 Å². The molecule has 39 heavy (non-hydrogen) atoms. The number of nitrogens with one attached hydrogen (secondary N) is 2. The van der Waals surface area contributed by atoms with Crippen molar-refractivity contribution in [2.45, 2.75) is 50.3 Å². The second-order valence-corrected chi connectivity index (χ2v) is 11.1. The number of nitrogens with zero attached hydrogens (tertiary/aromatic N) is 3. The third-order valence-corrected chi connectivity index (χ3v) is 7.54. The highest BCUT2D eigenvalue weighted by Gasteiger charge is 2.47. The summed E-state index contributed by atoms with van der Waals surface area (Å²) in [6.45, 7) is 2.49. The summed E-state index contributed by atoms with van der Waals surface area (Å²) < 4.78 is 0. The lowest BCUT2D eigenvalue weighted by atomic mass is 9.86. The Bertz CT molecular complexity index is 1190. The summed E-state index contributed by atoms with van der Waals surface area (Å²) in [4.78, 5) is 73.3. The molecule has 1 aromatic rings. The van der Waals surface area contributed by atoms with Gasteiger partial charge in [0.05, 0.1) is 18.8 Å². The first-order valence-corrected chi connectivity index (χ1v) is 13.5. The van der Waals surface area contributed by atoms with Gasteiger partial charge in [0.15, 0.2) is 0 Å². The van der Waals surface area contributed by atoms with Gasteiger partial charge in [-0.15, -0.1) is 0 Å². The van der Waals surface area contributed by atoms with Gasteiger partial charge in [0, 0.05) is 36.3 Å². The lowest BCUT2D eigenvalue weighted by Crippen LogP contribution is -2.63. The Balaban J connectivity index is 1.86. The van der Waals surface area contributed by atoms with E-state index in [2.05, 4.69) is 20.6 Å². The number of pyridine rings is 1. The molecule has 0 bridgehead atoms. The first kappa shape index (κ1) is 29.8. The third-order valence-electron chi connectivity index (χ3n) is 6.55. The van der Waals surface area contributed by atoms with Crippen molar-refractivity contribution in [3.05, 3.63) is 42.0 Å². The van der Waals surface area contributed by atoms with E-state index >= 15 is 0 Å². The molecule has 0 unspecified atom stereocenters. The number of hydrogen-bond acceptors (Lipinski definition) is 10. The molecule has 0 spiro atoms. The number of ketones is 1. The van der Waals surface area contributed by atoms with Crippen LogP contribution >= 0.6 is 11.8 Å². The number of aliphatic imine (C=N–C) groups is 1. The Morgan fingerprint density at radius 2 is 1.87 bits per heavy atom. The Hall–Kier alpha value is -3.78. The van der Waals surface area contributed by atoms with E-state index in [1.807, 2.05) is 0 Å². The summed E-state index contributed by atoms with van der Waals surface area (Å²) in [5, 5.41) is 15.6. The molecule has 14 heteroatoms. The fraction of sp³-hybridized carbons (Fsp3) is 0.480. The van der Waals surface area contributed by atoms with Crippen LogP contribution in [0.3, 0.4) is 0 Å². The monoisotopic (exact) mass is 559 g/mol. The van der Waals surface area contributed by atoms with E-state index in [9.17, 15) is 29.1 Å². The van der Waals surface area contributed by atoms with E-state index in [1.54, 1.807) is 11.8 Å².